The molecule has 1 fully saturated rings. The molecule has 1 aliphatic carbocycles. The summed E-state index contributed by atoms with van der Waals surface area (Å²) in [4.78, 5) is 12.6. The summed E-state index contributed by atoms with van der Waals surface area (Å²) < 4.78 is 12.4. The fourth-order valence-electron chi connectivity index (χ4n) is 3.08. The number of carbonyl (C=O) groups is 1. The predicted molar refractivity (Wildman–Crippen MR) is 94.5 cm³/mol. The van der Waals surface area contributed by atoms with Gasteiger partial charge in [0, 0.05) is 0 Å². The minimum absolute atomic E-state index is 0.0426. The molecule has 1 heterocycles. The molecule has 0 radical (unpaired) electrons. The lowest BCUT2D eigenvalue weighted by atomic mass is 9.96. The van der Waals surface area contributed by atoms with Crippen molar-refractivity contribution in [2.24, 2.45) is 0 Å². The molecule has 1 saturated carbocycles. The second kappa shape index (κ2) is 8.33. The summed E-state index contributed by atoms with van der Waals surface area (Å²) in [5.74, 6) is 1.37. The highest BCUT2D eigenvalue weighted by Gasteiger charge is 2.21. The van der Waals surface area contributed by atoms with E-state index >= 15 is 0 Å². The van der Waals surface area contributed by atoms with Gasteiger partial charge in [-0.2, -0.15) is 0 Å². The average Bonchev–Trinajstić information content (AvgIpc) is 3.14. The highest BCUT2D eigenvalue weighted by atomic mass is 32.2. The maximum Gasteiger partial charge on any atom is 0.210 e. The third-order valence-electron chi connectivity index (χ3n) is 4.42. The Morgan fingerprint density at radius 2 is 2.04 bits per heavy atom. The lowest BCUT2D eigenvalue weighted by molar-refractivity contribution is 0.101. The Kier molecular flexibility index (Phi) is 5.91. The van der Waals surface area contributed by atoms with Crippen molar-refractivity contribution in [1.29, 1.82) is 0 Å². The van der Waals surface area contributed by atoms with Crippen molar-refractivity contribution < 1.29 is 14.3 Å². The van der Waals surface area contributed by atoms with Gasteiger partial charge in [-0.25, -0.2) is 4.68 Å². The van der Waals surface area contributed by atoms with Crippen molar-refractivity contribution in [2.45, 2.75) is 43.3 Å². The molecule has 7 nitrogen and oxygen atoms in total. The predicted octanol–water partition coefficient (Wildman–Crippen LogP) is 3.17. The van der Waals surface area contributed by atoms with Crippen molar-refractivity contribution in [1.82, 2.24) is 20.2 Å². The number of thioether (sulfide) groups is 1. The summed E-state index contributed by atoms with van der Waals surface area (Å²) in [6.07, 6.45) is 5.87. The summed E-state index contributed by atoms with van der Waals surface area (Å²) in [7, 11) is 3.12. The van der Waals surface area contributed by atoms with E-state index in [0.717, 1.165) is 12.8 Å². The van der Waals surface area contributed by atoms with Gasteiger partial charge < -0.3 is 9.47 Å². The van der Waals surface area contributed by atoms with Gasteiger partial charge in [0.2, 0.25) is 5.16 Å². The van der Waals surface area contributed by atoms with Gasteiger partial charge in [-0.15, -0.1) is 5.10 Å². The zero-order valence-corrected chi connectivity index (χ0v) is 15.3. The van der Waals surface area contributed by atoms with Gasteiger partial charge in [0.25, 0.3) is 0 Å². The molecule has 0 saturated heterocycles. The van der Waals surface area contributed by atoms with Crippen LogP contribution in [0.15, 0.2) is 23.4 Å². The molecule has 2 aromatic rings. The smallest absolute Gasteiger partial charge is 0.210 e. The highest BCUT2D eigenvalue weighted by molar-refractivity contribution is 7.99. The molecule has 1 aromatic heterocycles. The molecule has 25 heavy (non-hydrogen) atoms. The summed E-state index contributed by atoms with van der Waals surface area (Å²) in [6, 6.07) is 5.55. The first-order valence-electron chi connectivity index (χ1n) is 8.39. The molecule has 0 aliphatic heterocycles. The number of methoxy groups -OCH3 is 2. The molecular weight excluding hydrogens is 340 g/mol. The van der Waals surface area contributed by atoms with Gasteiger partial charge in [-0.05, 0) is 41.5 Å². The minimum Gasteiger partial charge on any atom is -0.497 e. The van der Waals surface area contributed by atoms with E-state index in [2.05, 4.69) is 15.5 Å². The quantitative estimate of drug-likeness (QED) is 0.553. The number of rotatable bonds is 7. The molecule has 0 amide bonds. The number of nitrogens with zero attached hydrogens (tertiary/aromatic N) is 4. The van der Waals surface area contributed by atoms with Crippen LogP contribution in [0.2, 0.25) is 0 Å². The van der Waals surface area contributed by atoms with E-state index in [0.29, 0.717) is 28.3 Å². The van der Waals surface area contributed by atoms with E-state index in [1.165, 1.54) is 31.0 Å². The molecule has 8 heteroatoms. The second-order valence-electron chi connectivity index (χ2n) is 5.98. The van der Waals surface area contributed by atoms with Crippen LogP contribution in [-0.2, 0) is 0 Å². The van der Waals surface area contributed by atoms with Gasteiger partial charge in [0.05, 0.1) is 31.6 Å². The van der Waals surface area contributed by atoms with E-state index in [-0.39, 0.29) is 11.5 Å². The van der Waals surface area contributed by atoms with Crippen LogP contribution in [0.4, 0.5) is 0 Å². The van der Waals surface area contributed by atoms with Gasteiger partial charge >= 0.3 is 0 Å². The number of benzene rings is 1. The van der Waals surface area contributed by atoms with Crippen LogP contribution in [0.3, 0.4) is 0 Å². The zero-order chi connectivity index (χ0) is 17.6. The molecule has 0 N–H and O–H groups in total. The Morgan fingerprint density at radius 1 is 1.24 bits per heavy atom. The van der Waals surface area contributed by atoms with Crippen molar-refractivity contribution in [3.8, 4) is 11.5 Å². The second-order valence-corrected chi connectivity index (χ2v) is 6.92. The number of ketones is 1. The third-order valence-corrected chi connectivity index (χ3v) is 5.36. The molecule has 3 rings (SSSR count). The third kappa shape index (κ3) is 4.12. The summed E-state index contributed by atoms with van der Waals surface area (Å²) in [5.41, 5.74) is 0.506. The Morgan fingerprint density at radius 3 is 2.76 bits per heavy atom. The number of Topliss-reactive ketones (excluding diaryl/α,β-unsaturated/α-hetero) is 1. The van der Waals surface area contributed by atoms with Crippen molar-refractivity contribution in [3.05, 3.63) is 23.8 Å². The summed E-state index contributed by atoms with van der Waals surface area (Å²) in [6.45, 7) is 0. The molecule has 134 valence electrons. The van der Waals surface area contributed by atoms with Crippen molar-refractivity contribution in [2.75, 3.05) is 20.0 Å². The SMILES string of the molecule is COc1ccc(OC)c(C(=O)CSc2nnnn2C2CCCCC2)c1. The number of ether oxygens (including phenoxy) is 2. The molecule has 1 aromatic carbocycles. The van der Waals surface area contributed by atoms with E-state index in [4.69, 9.17) is 9.47 Å². The summed E-state index contributed by atoms with van der Waals surface area (Å²) in [5, 5.41) is 12.7. The topological polar surface area (TPSA) is 79.1 Å². The van der Waals surface area contributed by atoms with Gasteiger partial charge in [-0.1, -0.05) is 31.0 Å². The van der Waals surface area contributed by atoms with Crippen LogP contribution in [0.5, 0.6) is 11.5 Å². The van der Waals surface area contributed by atoms with Crippen LogP contribution < -0.4 is 9.47 Å². The van der Waals surface area contributed by atoms with Crippen LogP contribution in [0, 0.1) is 0 Å². The van der Waals surface area contributed by atoms with E-state index in [9.17, 15) is 4.79 Å². The lowest BCUT2D eigenvalue weighted by Gasteiger charge is -2.21. The number of hydrogen-bond acceptors (Lipinski definition) is 7. The molecule has 1 aliphatic rings. The highest BCUT2D eigenvalue weighted by Crippen LogP contribution is 2.31. The number of tetrazole rings is 1. The monoisotopic (exact) mass is 362 g/mol. The first kappa shape index (κ1) is 17.7. The lowest BCUT2D eigenvalue weighted by Crippen LogP contribution is -2.16. The Balaban J connectivity index is 1.70. The summed E-state index contributed by atoms with van der Waals surface area (Å²) >= 11 is 1.36. The maximum absolute atomic E-state index is 12.6. The number of hydrogen-bond donors (Lipinski definition) is 0. The first-order valence-corrected chi connectivity index (χ1v) is 9.37. The van der Waals surface area contributed by atoms with Crippen LogP contribution >= 0.6 is 11.8 Å². The Hall–Kier alpha value is -2.09. The van der Waals surface area contributed by atoms with Crippen molar-refractivity contribution >= 4 is 17.5 Å². The van der Waals surface area contributed by atoms with Crippen LogP contribution in [0.25, 0.3) is 0 Å². The number of aromatic nitrogens is 4. The average molecular weight is 362 g/mol. The molecule has 0 spiro atoms. The zero-order valence-electron chi connectivity index (χ0n) is 14.5. The van der Waals surface area contributed by atoms with Crippen LogP contribution in [0.1, 0.15) is 48.5 Å². The molecule has 0 unspecified atom stereocenters. The van der Waals surface area contributed by atoms with Gasteiger partial charge in [-0.3, -0.25) is 4.79 Å². The molecule has 0 atom stereocenters. The largest absolute Gasteiger partial charge is 0.497 e. The van der Waals surface area contributed by atoms with Crippen molar-refractivity contribution in [3.63, 3.8) is 0 Å². The Bertz CT molecular complexity index is 728. The number of carbonyl (C=O) groups excluding carboxylic acids is 1. The van der Waals surface area contributed by atoms with Crippen LogP contribution in [-0.4, -0.2) is 46.0 Å². The fourth-order valence-corrected chi connectivity index (χ4v) is 3.90. The maximum atomic E-state index is 12.6. The standard InChI is InChI=1S/C17H22N4O3S/c1-23-13-8-9-16(24-2)14(10-13)15(22)11-25-17-18-19-20-21(17)12-6-4-3-5-7-12/h8-10,12H,3-7,11H2,1-2H3. The van der Waals surface area contributed by atoms with E-state index < -0.39 is 0 Å². The van der Waals surface area contributed by atoms with Gasteiger partial charge in [0.1, 0.15) is 11.5 Å². The van der Waals surface area contributed by atoms with E-state index in [1.54, 1.807) is 32.4 Å². The van der Waals surface area contributed by atoms with E-state index in [1.807, 2.05) is 4.68 Å². The fraction of sp³-hybridized carbons (Fsp3) is 0.529. The molecule has 0 bridgehead atoms. The molecular formula is C17H22N4O3S. The normalized spacial score (nSPS) is 15.1. The van der Waals surface area contributed by atoms with Gasteiger partial charge in [0.15, 0.2) is 5.78 Å². The Labute approximate surface area is 151 Å². The minimum atomic E-state index is -0.0426. The first-order chi connectivity index (χ1) is 12.2.